The second-order valence-electron chi connectivity index (χ2n) is 8.37. The van der Waals surface area contributed by atoms with E-state index >= 15 is 0 Å². The van der Waals surface area contributed by atoms with E-state index < -0.39 is 5.41 Å². The zero-order chi connectivity index (χ0) is 19.3. The fourth-order valence-corrected chi connectivity index (χ4v) is 5.29. The molecule has 0 fully saturated rings. The van der Waals surface area contributed by atoms with Crippen LogP contribution in [-0.2, 0) is 11.2 Å². The molecule has 2 bridgehead atoms. The Morgan fingerprint density at radius 2 is 1.43 bits per heavy atom. The van der Waals surface area contributed by atoms with Crippen LogP contribution in [0.1, 0.15) is 59.9 Å². The van der Waals surface area contributed by atoms with Crippen molar-refractivity contribution in [3.05, 3.63) is 101 Å². The van der Waals surface area contributed by atoms with Crippen LogP contribution in [0.15, 0.2) is 72.8 Å². The van der Waals surface area contributed by atoms with Crippen molar-refractivity contribution in [2.45, 2.75) is 38.5 Å². The maximum absolute atomic E-state index is 13.5. The van der Waals surface area contributed by atoms with Crippen LogP contribution in [0, 0.1) is 5.41 Å². The molecule has 3 aromatic carbocycles. The number of benzene rings is 3. The van der Waals surface area contributed by atoms with Gasteiger partial charge in [0.15, 0.2) is 0 Å². The Morgan fingerprint density at radius 1 is 0.893 bits per heavy atom. The van der Waals surface area contributed by atoms with E-state index in [2.05, 4.69) is 79.8 Å². The summed E-state index contributed by atoms with van der Waals surface area (Å²) in [5.41, 5.74) is 7.12. The molecule has 0 aliphatic heterocycles. The molecule has 0 spiro atoms. The molecule has 6 rings (SSSR count). The molecular formula is C26H25NO. The van der Waals surface area contributed by atoms with E-state index in [-0.39, 0.29) is 17.7 Å². The predicted octanol–water partition coefficient (Wildman–Crippen LogP) is 5.87. The Morgan fingerprint density at radius 3 is 1.96 bits per heavy atom. The number of carbonyl (C=O) groups is 1. The van der Waals surface area contributed by atoms with Crippen LogP contribution in [0.3, 0.4) is 0 Å². The van der Waals surface area contributed by atoms with Crippen molar-refractivity contribution < 1.29 is 4.79 Å². The van der Waals surface area contributed by atoms with Crippen LogP contribution in [-0.4, -0.2) is 5.91 Å². The van der Waals surface area contributed by atoms with Gasteiger partial charge >= 0.3 is 0 Å². The highest BCUT2D eigenvalue weighted by Crippen LogP contribution is 2.61. The van der Waals surface area contributed by atoms with Gasteiger partial charge < -0.3 is 5.32 Å². The maximum Gasteiger partial charge on any atom is 0.231 e. The highest BCUT2D eigenvalue weighted by atomic mass is 16.2. The van der Waals surface area contributed by atoms with E-state index in [0.29, 0.717) is 0 Å². The molecule has 28 heavy (non-hydrogen) atoms. The Bertz CT molecular complexity index is 1000. The number of nitrogens with one attached hydrogen (secondary N) is 1. The van der Waals surface area contributed by atoms with Gasteiger partial charge in [0.25, 0.3) is 0 Å². The van der Waals surface area contributed by atoms with Crippen molar-refractivity contribution in [2.24, 2.45) is 5.41 Å². The molecule has 1 amide bonds. The lowest BCUT2D eigenvalue weighted by Gasteiger charge is -2.50. The number of rotatable bonds is 3. The smallest absolute Gasteiger partial charge is 0.231 e. The van der Waals surface area contributed by atoms with Gasteiger partial charge in [-0.25, -0.2) is 0 Å². The quantitative estimate of drug-likeness (QED) is 0.616. The van der Waals surface area contributed by atoms with E-state index in [9.17, 15) is 4.79 Å². The van der Waals surface area contributed by atoms with Gasteiger partial charge in [0.05, 0.1) is 5.41 Å². The molecule has 0 saturated carbocycles. The highest BCUT2D eigenvalue weighted by Gasteiger charge is 2.53. The maximum atomic E-state index is 13.5. The summed E-state index contributed by atoms with van der Waals surface area (Å²) in [5.74, 6) is 0.506. The first kappa shape index (κ1) is 17.2. The number of hydrogen-bond acceptors (Lipinski definition) is 1. The van der Waals surface area contributed by atoms with Crippen molar-refractivity contribution in [3.8, 4) is 0 Å². The number of fused-ring (bicyclic) bond motifs is 1. The van der Waals surface area contributed by atoms with Gasteiger partial charge in [-0.05, 0) is 59.7 Å². The third kappa shape index (κ3) is 2.44. The Labute approximate surface area is 166 Å². The van der Waals surface area contributed by atoms with E-state index in [0.717, 1.165) is 18.5 Å². The lowest BCUT2D eigenvalue weighted by Crippen LogP contribution is -2.47. The molecule has 140 valence electrons. The lowest BCUT2D eigenvalue weighted by molar-refractivity contribution is -0.126. The van der Waals surface area contributed by atoms with Crippen LogP contribution in [0.4, 0.5) is 5.69 Å². The molecule has 0 saturated heterocycles. The molecule has 3 aromatic rings. The zero-order valence-corrected chi connectivity index (χ0v) is 16.4. The van der Waals surface area contributed by atoms with Gasteiger partial charge in [-0.15, -0.1) is 0 Å². The summed E-state index contributed by atoms with van der Waals surface area (Å²) in [6.07, 6.45) is 1.85. The highest BCUT2D eigenvalue weighted by molar-refractivity contribution is 5.97. The van der Waals surface area contributed by atoms with Gasteiger partial charge in [0, 0.05) is 17.5 Å². The number of anilines is 1. The molecule has 1 unspecified atom stereocenters. The van der Waals surface area contributed by atoms with Crippen molar-refractivity contribution >= 4 is 11.6 Å². The van der Waals surface area contributed by atoms with E-state index in [1.54, 1.807) is 0 Å². The number of hydrogen-bond donors (Lipinski definition) is 1. The molecule has 2 nitrogen and oxygen atoms in total. The van der Waals surface area contributed by atoms with Gasteiger partial charge in [0.2, 0.25) is 5.91 Å². The van der Waals surface area contributed by atoms with Gasteiger partial charge in [-0.2, -0.15) is 0 Å². The molecule has 0 heterocycles. The van der Waals surface area contributed by atoms with Crippen LogP contribution in [0.25, 0.3) is 0 Å². The second-order valence-corrected chi connectivity index (χ2v) is 8.37. The second kappa shape index (κ2) is 6.34. The first-order chi connectivity index (χ1) is 13.6. The SMILES string of the molecule is CCc1ccc(NC(=O)C2(C)CC3c4ccccc4C2c2ccccc23)cc1. The summed E-state index contributed by atoms with van der Waals surface area (Å²) in [6.45, 7) is 4.29. The van der Waals surface area contributed by atoms with Gasteiger partial charge in [0.1, 0.15) is 0 Å². The van der Waals surface area contributed by atoms with Crippen LogP contribution >= 0.6 is 0 Å². The molecule has 0 aromatic heterocycles. The van der Waals surface area contributed by atoms with E-state index in [1.165, 1.54) is 27.8 Å². The monoisotopic (exact) mass is 367 g/mol. The third-order valence-corrected chi connectivity index (χ3v) is 6.77. The van der Waals surface area contributed by atoms with Crippen molar-refractivity contribution in [2.75, 3.05) is 5.32 Å². The number of amides is 1. The van der Waals surface area contributed by atoms with Crippen molar-refractivity contribution in [3.63, 3.8) is 0 Å². The average molecular weight is 367 g/mol. The summed E-state index contributed by atoms with van der Waals surface area (Å²) in [4.78, 5) is 13.5. The number of carbonyl (C=O) groups excluding carboxylic acids is 1. The Kier molecular flexibility index (Phi) is 3.90. The normalized spacial score (nSPS) is 24.4. The summed E-state index contributed by atoms with van der Waals surface area (Å²) in [6, 6.07) is 25.6. The van der Waals surface area contributed by atoms with Crippen LogP contribution in [0.5, 0.6) is 0 Å². The number of aryl methyl sites for hydroxylation is 1. The molecule has 3 aliphatic rings. The lowest BCUT2D eigenvalue weighted by atomic mass is 9.52. The molecular weight excluding hydrogens is 342 g/mol. The first-order valence-electron chi connectivity index (χ1n) is 10.2. The topological polar surface area (TPSA) is 29.1 Å². The molecule has 1 N–H and O–H groups in total. The Hall–Kier alpha value is -2.87. The third-order valence-electron chi connectivity index (χ3n) is 6.77. The van der Waals surface area contributed by atoms with Gasteiger partial charge in [-0.1, -0.05) is 67.6 Å². The summed E-state index contributed by atoms with van der Waals surface area (Å²) < 4.78 is 0. The minimum Gasteiger partial charge on any atom is -0.326 e. The molecule has 1 atom stereocenters. The molecule has 0 radical (unpaired) electrons. The zero-order valence-electron chi connectivity index (χ0n) is 16.4. The predicted molar refractivity (Wildman–Crippen MR) is 114 cm³/mol. The van der Waals surface area contributed by atoms with E-state index in [1.807, 2.05) is 12.1 Å². The minimum absolute atomic E-state index is 0.0971. The van der Waals surface area contributed by atoms with Crippen molar-refractivity contribution in [1.82, 2.24) is 0 Å². The standard InChI is InChI=1S/C26H25NO/c1-3-17-12-14-18(15-13-17)27-25(28)26(2)16-23-19-8-4-6-10-21(19)24(26)22-11-7-5-9-20(22)23/h4-15,23-24H,3,16H2,1-2H3,(H,27,28). The van der Waals surface area contributed by atoms with Crippen molar-refractivity contribution in [1.29, 1.82) is 0 Å². The Balaban J connectivity index is 1.56. The van der Waals surface area contributed by atoms with Crippen LogP contribution < -0.4 is 5.32 Å². The fraction of sp³-hybridized carbons (Fsp3) is 0.269. The van der Waals surface area contributed by atoms with Crippen LogP contribution in [0.2, 0.25) is 0 Å². The molecule has 3 aliphatic carbocycles. The van der Waals surface area contributed by atoms with E-state index in [4.69, 9.17) is 0 Å². The minimum atomic E-state index is -0.462. The van der Waals surface area contributed by atoms with Gasteiger partial charge in [-0.3, -0.25) is 4.79 Å². The summed E-state index contributed by atoms with van der Waals surface area (Å²) in [7, 11) is 0. The molecule has 2 heteroatoms. The summed E-state index contributed by atoms with van der Waals surface area (Å²) >= 11 is 0. The fourth-order valence-electron chi connectivity index (χ4n) is 5.29. The average Bonchev–Trinajstić information content (AvgIpc) is 2.74. The first-order valence-corrected chi connectivity index (χ1v) is 10.2. The largest absolute Gasteiger partial charge is 0.326 e. The summed E-state index contributed by atoms with van der Waals surface area (Å²) in [5, 5.41) is 3.21.